The molecule has 2 rings (SSSR count). The molecule has 0 fully saturated rings. The lowest BCUT2D eigenvalue weighted by molar-refractivity contribution is 0.383. The number of thiophene rings is 1. The molecule has 8 heteroatoms. The van der Waals surface area contributed by atoms with Crippen LogP contribution in [-0.2, 0) is 16.4 Å². The molecule has 0 aromatic carbocycles. The molecule has 0 aliphatic carbocycles. The molecule has 6 nitrogen and oxygen atoms in total. The Kier molecular flexibility index (Phi) is 3.16. The van der Waals surface area contributed by atoms with Gasteiger partial charge < -0.3 is 4.52 Å². The molecule has 0 radical (unpaired) electrons. The first-order chi connectivity index (χ1) is 8.01. The fraction of sp³-hybridized carbons (Fsp3) is 0.333. The van der Waals surface area contributed by atoms with E-state index in [1.54, 1.807) is 12.1 Å². The van der Waals surface area contributed by atoms with Crippen molar-refractivity contribution in [3.63, 3.8) is 0 Å². The number of aryl methyl sites for hydroxylation is 2. The third-order valence-corrected chi connectivity index (χ3v) is 4.80. The second-order valence-electron chi connectivity index (χ2n) is 3.34. The van der Waals surface area contributed by atoms with E-state index < -0.39 is 10.0 Å². The highest BCUT2D eigenvalue weighted by Crippen LogP contribution is 2.22. The van der Waals surface area contributed by atoms with Gasteiger partial charge in [0.25, 0.3) is 16.0 Å². The topological polar surface area (TPSA) is 85.1 Å². The van der Waals surface area contributed by atoms with Crippen molar-refractivity contribution in [2.24, 2.45) is 0 Å². The van der Waals surface area contributed by atoms with Crippen molar-refractivity contribution >= 4 is 27.3 Å². The fourth-order valence-electron chi connectivity index (χ4n) is 1.17. The van der Waals surface area contributed by atoms with E-state index in [9.17, 15) is 8.42 Å². The van der Waals surface area contributed by atoms with Crippen molar-refractivity contribution in [3.8, 4) is 0 Å². The third kappa shape index (κ3) is 2.64. The molecule has 0 aliphatic rings. The smallest absolute Gasteiger partial charge is 0.277 e. The van der Waals surface area contributed by atoms with E-state index in [0.29, 0.717) is 12.3 Å². The lowest BCUT2D eigenvalue weighted by atomic mass is 10.5. The van der Waals surface area contributed by atoms with Crippen molar-refractivity contribution in [1.82, 2.24) is 10.1 Å². The Morgan fingerprint density at radius 1 is 1.47 bits per heavy atom. The molecular weight excluding hydrogens is 262 g/mol. The molecule has 0 amide bonds. The van der Waals surface area contributed by atoms with Crippen LogP contribution in [0.5, 0.6) is 0 Å². The van der Waals surface area contributed by atoms with Crippen LogP contribution < -0.4 is 4.72 Å². The molecule has 1 N–H and O–H groups in total. The summed E-state index contributed by atoms with van der Waals surface area (Å²) in [7, 11) is -3.60. The van der Waals surface area contributed by atoms with Gasteiger partial charge in [0.2, 0.25) is 5.89 Å². The van der Waals surface area contributed by atoms with Crippen molar-refractivity contribution in [2.45, 2.75) is 24.5 Å². The van der Waals surface area contributed by atoms with Crippen molar-refractivity contribution in [2.75, 3.05) is 4.72 Å². The average Bonchev–Trinajstić information content (AvgIpc) is 2.86. The van der Waals surface area contributed by atoms with Gasteiger partial charge in [-0.2, -0.15) is 4.98 Å². The van der Waals surface area contributed by atoms with Crippen molar-refractivity contribution in [1.29, 1.82) is 0 Å². The first-order valence-electron chi connectivity index (χ1n) is 4.93. The molecule has 2 aromatic heterocycles. The number of nitrogens with one attached hydrogen (secondary N) is 1. The number of rotatable bonds is 4. The van der Waals surface area contributed by atoms with Crippen LogP contribution in [0.4, 0.5) is 5.95 Å². The molecule has 0 atom stereocenters. The zero-order valence-electron chi connectivity index (χ0n) is 9.30. The molecule has 0 bridgehead atoms. The zero-order valence-corrected chi connectivity index (χ0v) is 10.9. The molecule has 0 saturated heterocycles. The first kappa shape index (κ1) is 12.1. The van der Waals surface area contributed by atoms with Gasteiger partial charge in [0.1, 0.15) is 4.21 Å². The van der Waals surface area contributed by atoms with Crippen LogP contribution in [-0.4, -0.2) is 18.6 Å². The van der Waals surface area contributed by atoms with Crippen LogP contribution >= 0.6 is 11.3 Å². The summed E-state index contributed by atoms with van der Waals surface area (Å²) in [4.78, 5) is 4.81. The second kappa shape index (κ2) is 4.46. The largest absolute Gasteiger partial charge is 0.337 e. The molecule has 0 spiro atoms. The Hall–Kier alpha value is -1.41. The van der Waals surface area contributed by atoms with E-state index in [-0.39, 0.29) is 10.2 Å². The summed E-state index contributed by atoms with van der Waals surface area (Å²) in [6, 6.07) is 3.29. The van der Waals surface area contributed by atoms with E-state index >= 15 is 0 Å². The number of aromatic nitrogens is 2. The van der Waals surface area contributed by atoms with Crippen molar-refractivity contribution in [3.05, 3.63) is 22.9 Å². The maximum Gasteiger partial charge on any atom is 0.277 e. The maximum atomic E-state index is 11.9. The summed E-state index contributed by atoms with van der Waals surface area (Å²) in [6.07, 6.45) is 0.562. The van der Waals surface area contributed by atoms with Crippen LogP contribution in [0.25, 0.3) is 0 Å². The van der Waals surface area contributed by atoms with Gasteiger partial charge in [-0.3, -0.25) is 0 Å². The Morgan fingerprint density at radius 3 is 2.76 bits per heavy atom. The van der Waals surface area contributed by atoms with Gasteiger partial charge in [-0.15, -0.1) is 11.3 Å². The lowest BCUT2D eigenvalue weighted by Gasteiger charge is -1.99. The van der Waals surface area contributed by atoms with E-state index in [4.69, 9.17) is 4.52 Å². The van der Waals surface area contributed by atoms with Crippen LogP contribution in [0.2, 0.25) is 0 Å². The number of hydrogen-bond acceptors (Lipinski definition) is 6. The summed E-state index contributed by atoms with van der Waals surface area (Å²) in [5.41, 5.74) is 0. The quantitative estimate of drug-likeness (QED) is 0.918. The number of hydrogen-bond donors (Lipinski definition) is 1. The SMILES string of the molecule is CCc1nc(NS(=O)(=O)c2ccc(C)s2)no1. The van der Waals surface area contributed by atoms with Crippen LogP contribution in [0.1, 0.15) is 17.7 Å². The second-order valence-corrected chi connectivity index (χ2v) is 6.53. The van der Waals surface area contributed by atoms with Crippen molar-refractivity contribution < 1.29 is 12.9 Å². The Balaban J connectivity index is 2.23. The first-order valence-corrected chi connectivity index (χ1v) is 7.23. The van der Waals surface area contributed by atoms with Gasteiger partial charge >= 0.3 is 0 Å². The minimum atomic E-state index is -3.60. The van der Waals surface area contributed by atoms with Gasteiger partial charge in [-0.05, 0) is 24.2 Å². The fourth-order valence-corrected chi connectivity index (χ4v) is 3.39. The number of anilines is 1. The average molecular weight is 273 g/mol. The minimum Gasteiger partial charge on any atom is -0.337 e. The van der Waals surface area contributed by atoms with Crippen LogP contribution in [0.15, 0.2) is 20.9 Å². The standard InChI is InChI=1S/C9H11N3O3S2/c1-3-7-10-9(11-15-7)12-17(13,14)8-5-4-6(2)16-8/h4-5H,3H2,1-2H3,(H,11,12). The maximum absolute atomic E-state index is 11.9. The predicted molar refractivity (Wildman–Crippen MR) is 63.5 cm³/mol. The summed E-state index contributed by atoms with van der Waals surface area (Å²) in [5, 5.41) is 3.53. The minimum absolute atomic E-state index is 0.0343. The lowest BCUT2D eigenvalue weighted by Crippen LogP contribution is -2.12. The van der Waals surface area contributed by atoms with Crippen LogP contribution in [0.3, 0.4) is 0 Å². The van der Waals surface area contributed by atoms with Gasteiger partial charge in [0, 0.05) is 11.3 Å². The van der Waals surface area contributed by atoms with E-state index in [2.05, 4.69) is 14.9 Å². The van der Waals surface area contributed by atoms with E-state index in [0.717, 1.165) is 4.88 Å². The normalized spacial score (nSPS) is 11.6. The summed E-state index contributed by atoms with van der Waals surface area (Å²) < 4.78 is 31.1. The Bertz CT molecular complexity index is 615. The zero-order chi connectivity index (χ0) is 12.5. The van der Waals surface area contributed by atoms with Gasteiger partial charge in [0.05, 0.1) is 0 Å². The molecule has 17 heavy (non-hydrogen) atoms. The molecule has 2 aromatic rings. The molecule has 0 aliphatic heterocycles. The number of nitrogens with zero attached hydrogens (tertiary/aromatic N) is 2. The Morgan fingerprint density at radius 2 is 2.24 bits per heavy atom. The van der Waals surface area contributed by atoms with E-state index in [1.807, 2.05) is 13.8 Å². The molecular formula is C9H11N3O3S2. The Labute approximate surface area is 103 Å². The summed E-state index contributed by atoms with van der Waals surface area (Å²) in [5.74, 6) is 0.359. The highest BCUT2D eigenvalue weighted by molar-refractivity contribution is 7.94. The molecule has 0 unspecified atom stereocenters. The predicted octanol–water partition coefficient (Wildman–Crippen LogP) is 1.80. The monoisotopic (exact) mass is 273 g/mol. The van der Waals surface area contributed by atoms with Gasteiger partial charge in [-0.1, -0.05) is 6.92 Å². The van der Waals surface area contributed by atoms with E-state index in [1.165, 1.54) is 11.3 Å². The van der Waals surface area contributed by atoms with Gasteiger partial charge in [0.15, 0.2) is 0 Å². The highest BCUT2D eigenvalue weighted by atomic mass is 32.2. The number of sulfonamides is 1. The highest BCUT2D eigenvalue weighted by Gasteiger charge is 2.18. The van der Waals surface area contributed by atoms with Gasteiger partial charge in [-0.25, -0.2) is 13.1 Å². The summed E-state index contributed by atoms with van der Waals surface area (Å²) >= 11 is 1.19. The molecule has 2 heterocycles. The molecule has 0 saturated carbocycles. The summed E-state index contributed by atoms with van der Waals surface area (Å²) in [6.45, 7) is 3.68. The third-order valence-electron chi connectivity index (χ3n) is 1.98. The molecule has 92 valence electrons. The van der Waals surface area contributed by atoms with Crippen LogP contribution in [0, 0.1) is 6.92 Å².